The highest BCUT2D eigenvalue weighted by Gasteiger charge is 2.16. The molecule has 0 bridgehead atoms. The normalized spacial score (nSPS) is 10.7. The van der Waals surface area contributed by atoms with Crippen molar-refractivity contribution in [1.82, 2.24) is 20.0 Å². The first kappa shape index (κ1) is 16.8. The Morgan fingerprint density at radius 1 is 1.16 bits per heavy atom. The lowest BCUT2D eigenvalue weighted by molar-refractivity contribution is 0.102. The average molecular weight is 335 g/mol. The summed E-state index contributed by atoms with van der Waals surface area (Å²) in [5, 5.41) is 15.2. The summed E-state index contributed by atoms with van der Waals surface area (Å²) in [4.78, 5) is 12.6. The molecular formula is C19H21N5O. The largest absolute Gasteiger partial charge is 0.319 e. The van der Waals surface area contributed by atoms with Crippen molar-refractivity contribution in [3.8, 4) is 5.69 Å². The molecule has 1 aromatic carbocycles. The number of rotatable bonds is 5. The molecule has 128 valence electrons. The monoisotopic (exact) mass is 335 g/mol. The Hall–Kier alpha value is -3.02. The smallest absolute Gasteiger partial charge is 0.257 e. The van der Waals surface area contributed by atoms with Gasteiger partial charge in [-0.2, -0.15) is 15.3 Å². The van der Waals surface area contributed by atoms with Gasteiger partial charge in [-0.05, 0) is 38.5 Å². The van der Waals surface area contributed by atoms with Crippen LogP contribution in [-0.2, 0) is 6.42 Å². The average Bonchev–Trinajstić information content (AvgIpc) is 2.99. The number of aryl methyl sites for hydroxylation is 2. The minimum Gasteiger partial charge on any atom is -0.319 e. The second kappa shape index (κ2) is 7.25. The summed E-state index contributed by atoms with van der Waals surface area (Å²) in [6, 6.07) is 9.84. The molecule has 1 amide bonds. The molecule has 6 nitrogen and oxygen atoms in total. The van der Waals surface area contributed by atoms with Gasteiger partial charge in [0.05, 0.1) is 40.7 Å². The molecule has 3 rings (SSSR count). The third-order valence-corrected chi connectivity index (χ3v) is 4.03. The van der Waals surface area contributed by atoms with Crippen LogP contribution in [0.2, 0.25) is 0 Å². The first-order chi connectivity index (χ1) is 12.1. The number of anilines is 1. The van der Waals surface area contributed by atoms with Gasteiger partial charge in [0.25, 0.3) is 5.91 Å². The summed E-state index contributed by atoms with van der Waals surface area (Å²) in [5.74, 6) is -0.201. The van der Waals surface area contributed by atoms with Crippen LogP contribution in [0.3, 0.4) is 0 Å². The van der Waals surface area contributed by atoms with Crippen molar-refractivity contribution in [1.29, 1.82) is 0 Å². The molecule has 0 saturated heterocycles. The van der Waals surface area contributed by atoms with Gasteiger partial charge in [-0.25, -0.2) is 4.68 Å². The van der Waals surface area contributed by atoms with E-state index in [1.165, 1.54) is 11.8 Å². The van der Waals surface area contributed by atoms with Crippen molar-refractivity contribution in [2.75, 3.05) is 5.32 Å². The zero-order valence-corrected chi connectivity index (χ0v) is 14.7. The summed E-state index contributed by atoms with van der Waals surface area (Å²) in [5.41, 5.74) is 5.00. The first-order valence-corrected chi connectivity index (χ1v) is 8.33. The fourth-order valence-electron chi connectivity index (χ4n) is 2.70. The Balaban J connectivity index is 1.93. The number of hydrogen-bond donors (Lipinski definition) is 1. The van der Waals surface area contributed by atoms with Crippen molar-refractivity contribution in [3.05, 3.63) is 65.2 Å². The van der Waals surface area contributed by atoms with Crippen LogP contribution in [0.15, 0.2) is 42.7 Å². The van der Waals surface area contributed by atoms with E-state index in [2.05, 4.69) is 46.6 Å². The van der Waals surface area contributed by atoms with E-state index < -0.39 is 0 Å². The molecule has 0 unspecified atom stereocenters. The second-order valence-electron chi connectivity index (χ2n) is 5.99. The minimum absolute atomic E-state index is 0.201. The summed E-state index contributed by atoms with van der Waals surface area (Å²) < 4.78 is 1.89. The molecule has 0 aliphatic rings. The predicted octanol–water partition coefficient (Wildman–Crippen LogP) is 3.48. The van der Waals surface area contributed by atoms with Crippen molar-refractivity contribution in [2.24, 2.45) is 0 Å². The molecule has 0 spiro atoms. The Morgan fingerprint density at radius 3 is 2.60 bits per heavy atom. The van der Waals surface area contributed by atoms with Gasteiger partial charge in [0, 0.05) is 0 Å². The van der Waals surface area contributed by atoms with E-state index in [0.717, 1.165) is 29.9 Å². The van der Waals surface area contributed by atoms with E-state index in [9.17, 15) is 4.79 Å². The van der Waals surface area contributed by atoms with Crippen LogP contribution < -0.4 is 5.32 Å². The zero-order valence-electron chi connectivity index (χ0n) is 14.7. The van der Waals surface area contributed by atoms with E-state index in [1.54, 1.807) is 19.2 Å². The van der Waals surface area contributed by atoms with E-state index >= 15 is 0 Å². The number of nitrogens with one attached hydrogen (secondary N) is 1. The number of carbonyl (C=O) groups excluding carboxylic acids is 1. The second-order valence-corrected chi connectivity index (χ2v) is 5.99. The molecule has 0 aliphatic carbocycles. The lowest BCUT2D eigenvalue weighted by Gasteiger charge is -2.10. The van der Waals surface area contributed by atoms with E-state index in [4.69, 9.17) is 0 Å². The highest BCUT2D eigenvalue weighted by atomic mass is 16.1. The van der Waals surface area contributed by atoms with Gasteiger partial charge in [0.2, 0.25) is 0 Å². The van der Waals surface area contributed by atoms with Crippen LogP contribution >= 0.6 is 0 Å². The molecule has 1 N–H and O–H groups in total. The number of carbonyl (C=O) groups is 1. The van der Waals surface area contributed by atoms with Gasteiger partial charge < -0.3 is 5.32 Å². The van der Waals surface area contributed by atoms with E-state index in [0.29, 0.717) is 11.3 Å². The molecule has 6 heteroatoms. The molecule has 3 aromatic rings. The molecule has 0 atom stereocenters. The van der Waals surface area contributed by atoms with Crippen LogP contribution in [0.4, 0.5) is 5.69 Å². The number of benzene rings is 1. The molecule has 0 aliphatic heterocycles. The van der Waals surface area contributed by atoms with Gasteiger partial charge >= 0.3 is 0 Å². The molecule has 2 heterocycles. The number of hydrogen-bond acceptors (Lipinski definition) is 4. The van der Waals surface area contributed by atoms with Gasteiger partial charge in [-0.1, -0.05) is 31.0 Å². The number of nitrogens with zero attached hydrogens (tertiary/aromatic N) is 4. The maximum Gasteiger partial charge on any atom is 0.257 e. The molecule has 2 aromatic heterocycles. The highest BCUT2D eigenvalue weighted by molar-refractivity contribution is 6.05. The minimum atomic E-state index is -0.201. The Morgan fingerprint density at radius 2 is 1.92 bits per heavy atom. The number of aromatic nitrogens is 4. The van der Waals surface area contributed by atoms with Gasteiger partial charge in [-0.15, -0.1) is 0 Å². The molecular weight excluding hydrogens is 314 g/mol. The van der Waals surface area contributed by atoms with Crippen LogP contribution in [-0.4, -0.2) is 25.9 Å². The summed E-state index contributed by atoms with van der Waals surface area (Å²) in [7, 11) is 0. The van der Waals surface area contributed by atoms with Crippen molar-refractivity contribution in [3.63, 3.8) is 0 Å². The van der Waals surface area contributed by atoms with Crippen molar-refractivity contribution >= 4 is 11.6 Å². The molecule has 0 fully saturated rings. The third kappa shape index (κ3) is 3.57. The lowest BCUT2D eigenvalue weighted by atomic mass is 10.2. The lowest BCUT2D eigenvalue weighted by Crippen LogP contribution is -2.15. The maximum atomic E-state index is 12.6. The van der Waals surface area contributed by atoms with Crippen LogP contribution in [0, 0.1) is 13.8 Å². The predicted molar refractivity (Wildman–Crippen MR) is 97.0 cm³/mol. The summed E-state index contributed by atoms with van der Waals surface area (Å²) in [6.45, 7) is 5.93. The summed E-state index contributed by atoms with van der Waals surface area (Å²) >= 11 is 0. The van der Waals surface area contributed by atoms with Gasteiger partial charge in [-0.3, -0.25) is 4.79 Å². The number of amides is 1. The Bertz CT molecular complexity index is 883. The van der Waals surface area contributed by atoms with Crippen LogP contribution in [0.25, 0.3) is 5.69 Å². The van der Waals surface area contributed by atoms with E-state index in [-0.39, 0.29) is 5.91 Å². The highest BCUT2D eigenvalue weighted by Crippen LogP contribution is 2.22. The van der Waals surface area contributed by atoms with Crippen LogP contribution in [0.1, 0.15) is 40.7 Å². The standard InChI is InChI=1S/C19H21N5O/c1-4-5-18-17(22-19(25)16-10-11-20-23-14(16)3)12-21-24(18)15-8-6-13(2)7-9-15/h6-12H,4-5H2,1-3H3,(H,22,25). The quantitative estimate of drug-likeness (QED) is 0.775. The Kier molecular flexibility index (Phi) is 4.88. The van der Waals surface area contributed by atoms with Gasteiger partial charge in [0.1, 0.15) is 0 Å². The van der Waals surface area contributed by atoms with Crippen molar-refractivity contribution in [2.45, 2.75) is 33.6 Å². The van der Waals surface area contributed by atoms with Crippen LogP contribution in [0.5, 0.6) is 0 Å². The van der Waals surface area contributed by atoms with E-state index in [1.807, 2.05) is 16.8 Å². The summed E-state index contributed by atoms with van der Waals surface area (Å²) in [6.07, 6.45) is 4.99. The van der Waals surface area contributed by atoms with Gasteiger partial charge in [0.15, 0.2) is 0 Å². The molecule has 0 radical (unpaired) electrons. The zero-order chi connectivity index (χ0) is 17.8. The van der Waals surface area contributed by atoms with Crippen molar-refractivity contribution < 1.29 is 4.79 Å². The first-order valence-electron chi connectivity index (χ1n) is 8.33. The Labute approximate surface area is 146 Å². The topological polar surface area (TPSA) is 72.7 Å². The maximum absolute atomic E-state index is 12.6. The third-order valence-electron chi connectivity index (χ3n) is 4.03. The fraction of sp³-hybridized carbons (Fsp3) is 0.263. The molecule has 25 heavy (non-hydrogen) atoms. The molecule has 0 saturated carbocycles. The fourth-order valence-corrected chi connectivity index (χ4v) is 2.70. The SMILES string of the molecule is CCCc1c(NC(=O)c2ccnnc2C)cnn1-c1ccc(C)cc1.